The van der Waals surface area contributed by atoms with Gasteiger partial charge in [-0.2, -0.15) is 0 Å². The molecule has 4 N–H and O–H groups in total. The summed E-state index contributed by atoms with van der Waals surface area (Å²) >= 11 is 0. The first-order valence-electron chi connectivity index (χ1n) is 7.22. The van der Waals surface area contributed by atoms with Crippen molar-refractivity contribution in [2.24, 2.45) is 5.14 Å². The summed E-state index contributed by atoms with van der Waals surface area (Å²) in [6, 6.07) is 13.2. The maximum absolute atomic E-state index is 11.3. The normalized spacial score (nSPS) is 11.0. The Hall–Kier alpha value is -2.65. The van der Waals surface area contributed by atoms with Crippen molar-refractivity contribution in [1.29, 1.82) is 0 Å². The molecular weight excluding hydrogens is 332 g/mol. The molecule has 128 valence electrons. The number of para-hydroxylation sites is 1. The Morgan fingerprint density at radius 1 is 1.04 bits per heavy atom. The summed E-state index contributed by atoms with van der Waals surface area (Å²) in [6.07, 6.45) is 0.725. The summed E-state index contributed by atoms with van der Waals surface area (Å²) in [6.45, 7) is 1.19. The van der Waals surface area contributed by atoms with E-state index >= 15 is 0 Å². The predicted octanol–water partition coefficient (Wildman–Crippen LogP) is 2.16. The Balaban J connectivity index is 1.93. The topological polar surface area (TPSA) is 127 Å². The molecule has 9 heteroatoms. The molecule has 2 aromatic carbocycles. The van der Waals surface area contributed by atoms with Gasteiger partial charge in [0.15, 0.2) is 0 Å². The molecule has 0 aliphatic heterocycles. The van der Waals surface area contributed by atoms with Crippen LogP contribution in [-0.4, -0.2) is 26.4 Å². The highest BCUT2D eigenvalue weighted by Gasteiger charge is 2.18. The van der Waals surface area contributed by atoms with Gasteiger partial charge in [-0.05, 0) is 30.7 Å². The summed E-state index contributed by atoms with van der Waals surface area (Å²) in [5, 5.41) is 22.3. The number of anilines is 2. The number of nitrogens with two attached hydrogens (primary N) is 1. The molecule has 24 heavy (non-hydrogen) atoms. The molecule has 0 unspecified atom stereocenters. The standard InChI is InChI=1S/C15H18N4O4S/c16-24(22,23)13-7-8-14(15(11-13)19(20)21)18-10-4-9-17-12-5-2-1-3-6-12/h1-3,5-8,11,17-18H,4,9-10H2,(H2,16,22,23). The van der Waals surface area contributed by atoms with Crippen molar-refractivity contribution in [3.63, 3.8) is 0 Å². The van der Waals surface area contributed by atoms with E-state index in [9.17, 15) is 18.5 Å². The highest BCUT2D eigenvalue weighted by Crippen LogP contribution is 2.27. The van der Waals surface area contributed by atoms with Crippen LogP contribution in [0.5, 0.6) is 0 Å². The van der Waals surface area contributed by atoms with E-state index in [0.717, 1.165) is 18.2 Å². The molecule has 2 rings (SSSR count). The molecule has 8 nitrogen and oxygen atoms in total. The number of hydrogen-bond acceptors (Lipinski definition) is 6. The van der Waals surface area contributed by atoms with Gasteiger partial charge >= 0.3 is 0 Å². The van der Waals surface area contributed by atoms with Gasteiger partial charge in [0.2, 0.25) is 10.0 Å². The Kier molecular flexibility index (Phi) is 5.72. The van der Waals surface area contributed by atoms with Crippen LogP contribution in [0.25, 0.3) is 0 Å². The van der Waals surface area contributed by atoms with Gasteiger partial charge in [0.1, 0.15) is 5.69 Å². The molecule has 0 aromatic heterocycles. The van der Waals surface area contributed by atoms with E-state index in [0.29, 0.717) is 13.1 Å². The van der Waals surface area contributed by atoms with E-state index in [1.165, 1.54) is 12.1 Å². The first kappa shape index (κ1) is 17.7. The summed E-state index contributed by atoms with van der Waals surface area (Å²) in [5.74, 6) is 0. The van der Waals surface area contributed by atoms with Crippen LogP contribution < -0.4 is 15.8 Å². The number of nitro benzene ring substituents is 1. The fourth-order valence-electron chi connectivity index (χ4n) is 2.09. The molecule has 0 amide bonds. The minimum atomic E-state index is -3.98. The van der Waals surface area contributed by atoms with Gasteiger partial charge in [-0.1, -0.05) is 18.2 Å². The predicted molar refractivity (Wildman–Crippen MR) is 92.5 cm³/mol. The van der Waals surface area contributed by atoms with Crippen LogP contribution in [0.1, 0.15) is 6.42 Å². The van der Waals surface area contributed by atoms with Crippen LogP contribution in [-0.2, 0) is 10.0 Å². The SMILES string of the molecule is NS(=O)(=O)c1ccc(NCCCNc2ccccc2)c([N+](=O)[O-])c1. The first-order valence-corrected chi connectivity index (χ1v) is 8.76. The smallest absolute Gasteiger partial charge is 0.293 e. The van der Waals surface area contributed by atoms with Crippen LogP contribution in [0.15, 0.2) is 53.4 Å². The van der Waals surface area contributed by atoms with Gasteiger partial charge in [-0.15, -0.1) is 0 Å². The highest BCUT2D eigenvalue weighted by molar-refractivity contribution is 7.89. The molecule has 0 aliphatic rings. The van der Waals surface area contributed by atoms with Gasteiger partial charge in [-0.25, -0.2) is 13.6 Å². The van der Waals surface area contributed by atoms with Gasteiger partial charge in [-0.3, -0.25) is 10.1 Å². The molecule has 0 bridgehead atoms. The molecule has 2 aromatic rings. The lowest BCUT2D eigenvalue weighted by Crippen LogP contribution is -2.13. The number of primary sulfonamides is 1. The molecule has 0 heterocycles. The van der Waals surface area contributed by atoms with E-state index in [-0.39, 0.29) is 16.3 Å². The van der Waals surface area contributed by atoms with Crippen LogP contribution in [0.2, 0.25) is 0 Å². The lowest BCUT2D eigenvalue weighted by atomic mass is 10.2. The summed E-state index contributed by atoms with van der Waals surface area (Å²) in [5.41, 5.74) is 0.936. The number of sulfonamides is 1. The number of rotatable bonds is 8. The minimum absolute atomic E-state index is 0.257. The van der Waals surface area contributed by atoms with Crippen molar-refractivity contribution in [2.45, 2.75) is 11.3 Å². The number of benzene rings is 2. The maximum atomic E-state index is 11.3. The molecule has 0 radical (unpaired) electrons. The van der Waals surface area contributed by atoms with Crippen LogP contribution in [0.3, 0.4) is 0 Å². The van der Waals surface area contributed by atoms with E-state index in [4.69, 9.17) is 5.14 Å². The second-order valence-corrected chi connectivity index (χ2v) is 6.62. The van der Waals surface area contributed by atoms with Crippen LogP contribution in [0.4, 0.5) is 17.1 Å². The number of nitro groups is 1. The zero-order valence-electron chi connectivity index (χ0n) is 12.8. The molecule has 0 saturated carbocycles. The monoisotopic (exact) mass is 350 g/mol. The highest BCUT2D eigenvalue weighted by atomic mass is 32.2. The summed E-state index contributed by atoms with van der Waals surface area (Å²) < 4.78 is 22.6. The third-order valence-corrected chi connectivity index (χ3v) is 4.18. The number of hydrogen-bond donors (Lipinski definition) is 3. The fourth-order valence-corrected chi connectivity index (χ4v) is 2.62. The molecule has 0 atom stereocenters. The van der Waals surface area contributed by atoms with Gasteiger partial charge < -0.3 is 10.6 Å². The first-order chi connectivity index (χ1) is 11.4. The molecule has 0 fully saturated rings. The van der Waals surface area contributed by atoms with E-state index in [2.05, 4.69) is 10.6 Å². The van der Waals surface area contributed by atoms with Gasteiger partial charge in [0.05, 0.1) is 9.82 Å². The Morgan fingerprint density at radius 2 is 1.71 bits per heavy atom. The average molecular weight is 350 g/mol. The van der Waals surface area contributed by atoms with Crippen molar-refractivity contribution in [3.8, 4) is 0 Å². The molecule has 0 saturated heterocycles. The second-order valence-electron chi connectivity index (χ2n) is 5.05. The lowest BCUT2D eigenvalue weighted by Gasteiger charge is -2.09. The van der Waals surface area contributed by atoms with Gasteiger partial charge in [0.25, 0.3) is 5.69 Å². The largest absolute Gasteiger partial charge is 0.385 e. The Bertz CT molecular complexity index is 809. The van der Waals surface area contributed by atoms with Crippen molar-refractivity contribution in [3.05, 3.63) is 58.6 Å². The van der Waals surface area contributed by atoms with Gasteiger partial charge in [0, 0.05) is 24.8 Å². The van der Waals surface area contributed by atoms with Crippen molar-refractivity contribution in [2.75, 3.05) is 23.7 Å². The fraction of sp³-hybridized carbons (Fsp3) is 0.200. The van der Waals surface area contributed by atoms with Crippen LogP contribution in [0, 0.1) is 10.1 Å². The second kappa shape index (κ2) is 7.75. The number of nitrogens with zero attached hydrogens (tertiary/aromatic N) is 1. The summed E-state index contributed by atoms with van der Waals surface area (Å²) in [7, 11) is -3.98. The van der Waals surface area contributed by atoms with Crippen molar-refractivity contribution < 1.29 is 13.3 Å². The molecule has 0 spiro atoms. The average Bonchev–Trinajstić information content (AvgIpc) is 2.54. The maximum Gasteiger partial charge on any atom is 0.293 e. The van der Waals surface area contributed by atoms with Crippen molar-refractivity contribution in [1.82, 2.24) is 0 Å². The van der Waals surface area contributed by atoms with E-state index < -0.39 is 14.9 Å². The van der Waals surface area contributed by atoms with E-state index in [1.807, 2.05) is 30.3 Å². The number of nitrogens with one attached hydrogen (secondary N) is 2. The lowest BCUT2D eigenvalue weighted by molar-refractivity contribution is -0.384. The Morgan fingerprint density at radius 3 is 2.33 bits per heavy atom. The summed E-state index contributed by atoms with van der Waals surface area (Å²) in [4.78, 5) is 10.2. The quantitative estimate of drug-likeness (QED) is 0.380. The molecular formula is C15H18N4O4S. The third-order valence-electron chi connectivity index (χ3n) is 3.27. The van der Waals surface area contributed by atoms with Crippen molar-refractivity contribution >= 4 is 27.1 Å². The van der Waals surface area contributed by atoms with Crippen LogP contribution >= 0.6 is 0 Å². The molecule has 0 aliphatic carbocycles. The zero-order chi connectivity index (χ0) is 17.6. The van der Waals surface area contributed by atoms with E-state index in [1.54, 1.807) is 0 Å². The minimum Gasteiger partial charge on any atom is -0.385 e. The zero-order valence-corrected chi connectivity index (χ0v) is 13.6. The Labute approximate surface area is 139 Å². The third kappa shape index (κ3) is 4.93.